The first-order valence-electron chi connectivity index (χ1n) is 4.20. The topological polar surface area (TPSA) is 55.2 Å². The Balaban J connectivity index is 2.88. The Morgan fingerprint density at radius 2 is 2.15 bits per heavy atom. The molecule has 4 heteroatoms. The summed E-state index contributed by atoms with van der Waals surface area (Å²) in [4.78, 5) is 8.18. The lowest BCUT2D eigenvalue weighted by molar-refractivity contribution is 0.165. The summed E-state index contributed by atoms with van der Waals surface area (Å²) in [7, 11) is 1.55. The van der Waals surface area contributed by atoms with Crippen LogP contribution in [0.5, 0.6) is 5.88 Å². The van der Waals surface area contributed by atoms with Crippen LogP contribution in [0.1, 0.15) is 25.6 Å². The van der Waals surface area contributed by atoms with Crippen molar-refractivity contribution in [2.75, 3.05) is 7.11 Å². The van der Waals surface area contributed by atoms with Gasteiger partial charge in [-0.1, -0.05) is 6.92 Å². The molecule has 0 fully saturated rings. The van der Waals surface area contributed by atoms with E-state index >= 15 is 0 Å². The molecule has 0 saturated carbocycles. The van der Waals surface area contributed by atoms with Gasteiger partial charge >= 0.3 is 0 Å². The van der Waals surface area contributed by atoms with Gasteiger partial charge in [-0.3, -0.25) is 0 Å². The lowest BCUT2D eigenvalue weighted by atomic mass is 10.1. The first-order valence-corrected chi connectivity index (χ1v) is 4.20. The van der Waals surface area contributed by atoms with Gasteiger partial charge in [-0.2, -0.15) is 4.98 Å². The zero-order valence-corrected chi connectivity index (χ0v) is 8.06. The molecule has 1 aromatic rings. The van der Waals surface area contributed by atoms with Crippen LogP contribution in [-0.2, 0) is 0 Å². The molecule has 72 valence electrons. The Bertz CT molecular complexity index is 276. The molecular weight excluding hydrogens is 168 g/mol. The van der Waals surface area contributed by atoms with E-state index in [2.05, 4.69) is 9.97 Å². The van der Waals surface area contributed by atoms with E-state index in [9.17, 15) is 5.11 Å². The van der Waals surface area contributed by atoms with Crippen LogP contribution in [-0.4, -0.2) is 28.3 Å². The van der Waals surface area contributed by atoms with E-state index in [4.69, 9.17) is 4.74 Å². The second kappa shape index (κ2) is 4.18. The fourth-order valence-electron chi connectivity index (χ4n) is 0.905. The van der Waals surface area contributed by atoms with Crippen LogP contribution < -0.4 is 4.74 Å². The Morgan fingerprint density at radius 1 is 1.46 bits per heavy atom. The van der Waals surface area contributed by atoms with Crippen LogP contribution in [0.15, 0.2) is 12.3 Å². The van der Waals surface area contributed by atoms with Crippen molar-refractivity contribution >= 4 is 0 Å². The molecule has 4 nitrogen and oxygen atoms in total. The van der Waals surface area contributed by atoms with Gasteiger partial charge in [0.15, 0.2) is 0 Å². The molecule has 0 aromatic carbocycles. The molecule has 0 spiro atoms. The van der Waals surface area contributed by atoms with E-state index in [-0.39, 0.29) is 5.92 Å². The smallest absolute Gasteiger partial charge is 0.216 e. The van der Waals surface area contributed by atoms with Gasteiger partial charge in [0.25, 0.3) is 0 Å². The van der Waals surface area contributed by atoms with E-state index in [1.165, 1.54) is 0 Å². The average Bonchev–Trinajstić information content (AvgIpc) is 2.16. The monoisotopic (exact) mass is 182 g/mol. The minimum absolute atomic E-state index is 0.0740. The highest BCUT2D eigenvalue weighted by Gasteiger charge is 2.14. The van der Waals surface area contributed by atoms with Crippen molar-refractivity contribution < 1.29 is 9.84 Å². The molecule has 1 N–H and O–H groups in total. The highest BCUT2D eigenvalue weighted by atomic mass is 16.5. The number of hydrogen-bond donors (Lipinski definition) is 1. The molecule has 0 aliphatic carbocycles. The molecule has 1 rings (SSSR count). The van der Waals surface area contributed by atoms with Gasteiger partial charge < -0.3 is 9.84 Å². The Labute approximate surface area is 77.6 Å². The van der Waals surface area contributed by atoms with Crippen molar-refractivity contribution in [1.82, 2.24) is 9.97 Å². The summed E-state index contributed by atoms with van der Waals surface area (Å²) in [6.07, 6.45) is 1.17. The maximum absolute atomic E-state index is 9.32. The van der Waals surface area contributed by atoms with Gasteiger partial charge in [0.1, 0.15) is 5.82 Å². The fourth-order valence-corrected chi connectivity index (χ4v) is 0.905. The third-order valence-electron chi connectivity index (χ3n) is 1.99. The normalized spacial score (nSPS) is 15.1. The molecule has 0 radical (unpaired) electrons. The number of ether oxygens (including phenoxy) is 1. The van der Waals surface area contributed by atoms with E-state index in [1.54, 1.807) is 26.3 Å². The average molecular weight is 182 g/mol. The third-order valence-corrected chi connectivity index (χ3v) is 1.99. The molecule has 0 amide bonds. The second-order valence-corrected chi connectivity index (χ2v) is 2.99. The SMILES string of the molecule is COc1ccnc(C(C)C(C)O)n1. The molecule has 2 atom stereocenters. The largest absolute Gasteiger partial charge is 0.481 e. The number of methoxy groups -OCH3 is 1. The predicted molar refractivity (Wildman–Crippen MR) is 48.7 cm³/mol. The number of rotatable bonds is 3. The maximum Gasteiger partial charge on any atom is 0.216 e. The van der Waals surface area contributed by atoms with Crippen molar-refractivity contribution in [3.63, 3.8) is 0 Å². The number of aliphatic hydroxyl groups is 1. The quantitative estimate of drug-likeness (QED) is 0.756. The highest BCUT2D eigenvalue weighted by molar-refractivity contribution is 5.10. The molecule has 13 heavy (non-hydrogen) atoms. The summed E-state index contributed by atoms with van der Waals surface area (Å²) >= 11 is 0. The third kappa shape index (κ3) is 2.39. The lowest BCUT2D eigenvalue weighted by Gasteiger charge is -2.12. The Hall–Kier alpha value is -1.16. The first kappa shape index (κ1) is 9.92. The van der Waals surface area contributed by atoms with E-state index in [1.807, 2.05) is 6.92 Å². The minimum Gasteiger partial charge on any atom is -0.481 e. The van der Waals surface area contributed by atoms with Crippen LogP contribution >= 0.6 is 0 Å². The zero-order chi connectivity index (χ0) is 9.84. The van der Waals surface area contributed by atoms with Crippen LogP contribution in [0.25, 0.3) is 0 Å². The molecule has 0 aliphatic rings. The molecule has 0 saturated heterocycles. The summed E-state index contributed by atoms with van der Waals surface area (Å²) in [5.41, 5.74) is 0. The Kier molecular flexibility index (Phi) is 3.19. The van der Waals surface area contributed by atoms with Crippen LogP contribution in [0, 0.1) is 0 Å². The molecule has 1 heterocycles. The highest BCUT2D eigenvalue weighted by Crippen LogP contribution is 2.16. The summed E-state index contributed by atoms with van der Waals surface area (Å²) < 4.78 is 4.95. The minimum atomic E-state index is -0.452. The standard InChI is InChI=1S/C9H14N2O2/c1-6(7(2)12)9-10-5-4-8(11-9)13-3/h4-7,12H,1-3H3. The van der Waals surface area contributed by atoms with Gasteiger partial charge in [-0.05, 0) is 6.92 Å². The molecule has 1 aromatic heterocycles. The van der Waals surface area contributed by atoms with E-state index in [0.717, 1.165) is 0 Å². The van der Waals surface area contributed by atoms with Gasteiger partial charge in [0.05, 0.1) is 13.2 Å². The number of aliphatic hydroxyl groups excluding tert-OH is 1. The van der Waals surface area contributed by atoms with Crippen molar-refractivity contribution in [2.45, 2.75) is 25.9 Å². The van der Waals surface area contributed by atoms with Crippen LogP contribution in [0.4, 0.5) is 0 Å². The summed E-state index contributed by atoms with van der Waals surface area (Å²) in [6.45, 7) is 3.59. The predicted octanol–water partition coefficient (Wildman–Crippen LogP) is 0.969. The number of nitrogens with zero attached hydrogens (tertiary/aromatic N) is 2. The van der Waals surface area contributed by atoms with Gasteiger partial charge in [0, 0.05) is 18.2 Å². The van der Waals surface area contributed by atoms with Gasteiger partial charge in [-0.25, -0.2) is 4.98 Å². The van der Waals surface area contributed by atoms with Crippen molar-refractivity contribution in [3.8, 4) is 5.88 Å². The lowest BCUT2D eigenvalue weighted by Crippen LogP contribution is -2.14. The molecular formula is C9H14N2O2. The van der Waals surface area contributed by atoms with Crippen LogP contribution in [0.3, 0.4) is 0 Å². The summed E-state index contributed by atoms with van der Waals surface area (Å²) in [5.74, 6) is 1.06. The number of hydrogen-bond acceptors (Lipinski definition) is 4. The zero-order valence-electron chi connectivity index (χ0n) is 8.06. The number of aromatic nitrogens is 2. The second-order valence-electron chi connectivity index (χ2n) is 2.99. The van der Waals surface area contributed by atoms with Crippen molar-refractivity contribution in [1.29, 1.82) is 0 Å². The molecule has 2 unspecified atom stereocenters. The van der Waals surface area contributed by atoms with Crippen molar-refractivity contribution in [3.05, 3.63) is 18.1 Å². The van der Waals surface area contributed by atoms with Gasteiger partial charge in [0.2, 0.25) is 5.88 Å². The fraction of sp³-hybridized carbons (Fsp3) is 0.556. The maximum atomic E-state index is 9.32. The van der Waals surface area contributed by atoms with E-state index < -0.39 is 6.10 Å². The molecule has 0 bridgehead atoms. The van der Waals surface area contributed by atoms with Crippen molar-refractivity contribution in [2.24, 2.45) is 0 Å². The van der Waals surface area contributed by atoms with Crippen LogP contribution in [0.2, 0.25) is 0 Å². The Morgan fingerprint density at radius 3 is 2.69 bits per heavy atom. The molecule has 0 aliphatic heterocycles. The summed E-state index contributed by atoms with van der Waals surface area (Å²) in [5, 5.41) is 9.32. The summed E-state index contributed by atoms with van der Waals surface area (Å²) in [6, 6.07) is 1.68. The van der Waals surface area contributed by atoms with Gasteiger partial charge in [-0.15, -0.1) is 0 Å². The first-order chi connectivity index (χ1) is 6.15. The van der Waals surface area contributed by atoms with E-state index in [0.29, 0.717) is 11.7 Å².